The largest absolute Gasteiger partial charge is 0.492 e. The van der Waals surface area contributed by atoms with Crippen molar-refractivity contribution in [3.63, 3.8) is 0 Å². The van der Waals surface area contributed by atoms with Gasteiger partial charge in [0.1, 0.15) is 12.4 Å². The number of nitrogens with one attached hydrogen (secondary N) is 1. The Bertz CT molecular complexity index is 585. The van der Waals surface area contributed by atoms with Gasteiger partial charge in [-0.1, -0.05) is 30.3 Å². The summed E-state index contributed by atoms with van der Waals surface area (Å²) in [5, 5.41) is 2.82. The smallest absolute Gasteiger partial charge is 0.226 e. The predicted octanol–water partition coefficient (Wildman–Crippen LogP) is 2.57. The van der Waals surface area contributed by atoms with Crippen molar-refractivity contribution in [2.24, 2.45) is 5.73 Å². The lowest BCUT2D eigenvalue weighted by molar-refractivity contribution is -0.117. The Balaban J connectivity index is 1.66. The number of anilines is 1. The first-order valence-corrected chi connectivity index (χ1v) is 7.62. The van der Waals surface area contributed by atoms with E-state index in [0.29, 0.717) is 32.8 Å². The molecule has 0 saturated heterocycles. The third kappa shape index (κ3) is 6.50. The first-order valence-electron chi connectivity index (χ1n) is 7.62. The summed E-state index contributed by atoms with van der Waals surface area (Å²) < 4.78 is 10.9. The summed E-state index contributed by atoms with van der Waals surface area (Å²) in [7, 11) is 0. The molecule has 0 radical (unpaired) electrons. The van der Waals surface area contributed by atoms with Crippen molar-refractivity contribution in [3.8, 4) is 5.75 Å². The molecule has 2 aromatic rings. The van der Waals surface area contributed by atoms with Crippen LogP contribution in [0.2, 0.25) is 0 Å². The number of nitrogens with two attached hydrogens (primary N) is 1. The zero-order chi connectivity index (χ0) is 16.3. The Hall–Kier alpha value is -2.37. The molecule has 5 nitrogen and oxygen atoms in total. The Morgan fingerprint density at radius 3 is 2.43 bits per heavy atom. The number of hydrogen-bond acceptors (Lipinski definition) is 4. The number of ether oxygens (including phenoxy) is 2. The Kier molecular flexibility index (Phi) is 7.10. The molecule has 3 N–H and O–H groups in total. The summed E-state index contributed by atoms with van der Waals surface area (Å²) in [5.74, 6) is 0.660. The van der Waals surface area contributed by atoms with Crippen LogP contribution >= 0.6 is 0 Å². The van der Waals surface area contributed by atoms with E-state index in [4.69, 9.17) is 15.2 Å². The minimum Gasteiger partial charge on any atom is -0.492 e. The maximum Gasteiger partial charge on any atom is 0.226 e. The van der Waals surface area contributed by atoms with Crippen molar-refractivity contribution in [2.45, 2.75) is 13.0 Å². The number of hydrogen-bond donors (Lipinski definition) is 2. The third-order valence-corrected chi connectivity index (χ3v) is 3.11. The molecule has 0 heterocycles. The van der Waals surface area contributed by atoms with Crippen LogP contribution in [-0.4, -0.2) is 25.7 Å². The lowest BCUT2D eigenvalue weighted by Gasteiger charge is -2.08. The maximum atomic E-state index is 11.8. The van der Waals surface area contributed by atoms with E-state index < -0.39 is 0 Å². The van der Waals surface area contributed by atoms with Crippen molar-refractivity contribution >= 4 is 11.6 Å². The molecule has 0 bridgehead atoms. The van der Waals surface area contributed by atoms with E-state index in [0.717, 1.165) is 17.0 Å². The summed E-state index contributed by atoms with van der Waals surface area (Å²) in [6, 6.07) is 17.1. The SMILES string of the molecule is NCCOc1ccc(NC(=O)CCOCc2ccccc2)cc1. The van der Waals surface area contributed by atoms with Crippen molar-refractivity contribution in [1.82, 2.24) is 0 Å². The first kappa shape index (κ1) is 17.0. The van der Waals surface area contributed by atoms with Crippen LogP contribution in [-0.2, 0) is 16.1 Å². The number of carbonyl (C=O) groups excluding carboxylic acids is 1. The highest BCUT2D eigenvalue weighted by Crippen LogP contribution is 2.15. The Labute approximate surface area is 136 Å². The molecule has 0 saturated carbocycles. The van der Waals surface area contributed by atoms with E-state index in [-0.39, 0.29) is 5.91 Å². The second-order valence-corrected chi connectivity index (χ2v) is 5.00. The van der Waals surface area contributed by atoms with Gasteiger partial charge in [-0.05, 0) is 29.8 Å². The fourth-order valence-corrected chi connectivity index (χ4v) is 1.96. The monoisotopic (exact) mass is 314 g/mol. The van der Waals surface area contributed by atoms with Crippen LogP contribution in [0.25, 0.3) is 0 Å². The summed E-state index contributed by atoms with van der Waals surface area (Å²) in [4.78, 5) is 11.8. The second kappa shape index (κ2) is 9.61. The van der Waals surface area contributed by atoms with Gasteiger partial charge in [-0.3, -0.25) is 4.79 Å². The summed E-state index contributed by atoms with van der Waals surface area (Å²) in [6.07, 6.45) is 0.318. The molecule has 122 valence electrons. The van der Waals surface area contributed by atoms with Gasteiger partial charge >= 0.3 is 0 Å². The number of carbonyl (C=O) groups is 1. The van der Waals surface area contributed by atoms with Gasteiger partial charge in [-0.15, -0.1) is 0 Å². The molecule has 23 heavy (non-hydrogen) atoms. The van der Waals surface area contributed by atoms with E-state index in [1.165, 1.54) is 0 Å². The molecule has 0 atom stereocenters. The van der Waals surface area contributed by atoms with Crippen LogP contribution in [0.15, 0.2) is 54.6 Å². The van der Waals surface area contributed by atoms with Crippen LogP contribution < -0.4 is 15.8 Å². The topological polar surface area (TPSA) is 73.6 Å². The van der Waals surface area contributed by atoms with Crippen molar-refractivity contribution < 1.29 is 14.3 Å². The zero-order valence-electron chi connectivity index (χ0n) is 13.0. The van der Waals surface area contributed by atoms with Crippen LogP contribution in [0.5, 0.6) is 5.75 Å². The predicted molar refractivity (Wildman–Crippen MR) is 90.3 cm³/mol. The number of amides is 1. The van der Waals surface area contributed by atoms with E-state index >= 15 is 0 Å². The van der Waals surface area contributed by atoms with Gasteiger partial charge in [0.15, 0.2) is 0 Å². The highest BCUT2D eigenvalue weighted by molar-refractivity contribution is 5.90. The molecular weight excluding hydrogens is 292 g/mol. The molecule has 0 aliphatic rings. The normalized spacial score (nSPS) is 10.3. The minimum absolute atomic E-state index is 0.0753. The molecule has 1 amide bonds. The Morgan fingerprint density at radius 2 is 1.74 bits per heavy atom. The summed E-state index contributed by atoms with van der Waals surface area (Å²) in [6.45, 7) is 1.85. The van der Waals surface area contributed by atoms with Gasteiger partial charge in [0.05, 0.1) is 19.6 Å². The first-order chi connectivity index (χ1) is 11.3. The molecule has 0 aliphatic heterocycles. The quantitative estimate of drug-likeness (QED) is 0.698. The van der Waals surface area contributed by atoms with Crippen molar-refractivity contribution in [3.05, 3.63) is 60.2 Å². The van der Waals surface area contributed by atoms with Gasteiger partial charge in [-0.25, -0.2) is 0 Å². The number of benzene rings is 2. The van der Waals surface area contributed by atoms with Crippen LogP contribution in [0.3, 0.4) is 0 Å². The lowest BCUT2D eigenvalue weighted by Crippen LogP contribution is -2.14. The van der Waals surface area contributed by atoms with Gasteiger partial charge < -0.3 is 20.5 Å². The van der Waals surface area contributed by atoms with Gasteiger partial charge in [-0.2, -0.15) is 0 Å². The number of rotatable bonds is 9. The molecule has 5 heteroatoms. The molecule has 0 aliphatic carbocycles. The molecule has 0 fully saturated rings. The average Bonchev–Trinajstić information content (AvgIpc) is 2.59. The molecule has 2 aromatic carbocycles. The second-order valence-electron chi connectivity index (χ2n) is 5.00. The van der Waals surface area contributed by atoms with Crippen LogP contribution in [0.4, 0.5) is 5.69 Å². The molecule has 0 aromatic heterocycles. The van der Waals surface area contributed by atoms with Gasteiger partial charge in [0, 0.05) is 12.2 Å². The maximum absolute atomic E-state index is 11.8. The molecule has 0 unspecified atom stereocenters. The molecular formula is C18H22N2O3. The summed E-state index contributed by atoms with van der Waals surface area (Å²) >= 11 is 0. The van der Waals surface area contributed by atoms with E-state index in [9.17, 15) is 4.79 Å². The third-order valence-electron chi connectivity index (χ3n) is 3.11. The van der Waals surface area contributed by atoms with Gasteiger partial charge in [0.25, 0.3) is 0 Å². The zero-order valence-corrected chi connectivity index (χ0v) is 13.0. The van der Waals surface area contributed by atoms with E-state index in [1.807, 2.05) is 30.3 Å². The average molecular weight is 314 g/mol. The van der Waals surface area contributed by atoms with Crippen molar-refractivity contribution in [2.75, 3.05) is 25.1 Å². The minimum atomic E-state index is -0.0753. The highest BCUT2D eigenvalue weighted by atomic mass is 16.5. The fraction of sp³-hybridized carbons (Fsp3) is 0.278. The van der Waals surface area contributed by atoms with Crippen LogP contribution in [0, 0.1) is 0 Å². The fourth-order valence-electron chi connectivity index (χ4n) is 1.96. The lowest BCUT2D eigenvalue weighted by atomic mass is 10.2. The molecule has 0 spiro atoms. The van der Waals surface area contributed by atoms with Crippen LogP contribution in [0.1, 0.15) is 12.0 Å². The van der Waals surface area contributed by atoms with Gasteiger partial charge in [0.2, 0.25) is 5.91 Å². The van der Waals surface area contributed by atoms with E-state index in [1.54, 1.807) is 24.3 Å². The summed E-state index contributed by atoms with van der Waals surface area (Å²) in [5.41, 5.74) is 7.21. The van der Waals surface area contributed by atoms with E-state index in [2.05, 4.69) is 5.32 Å². The highest BCUT2D eigenvalue weighted by Gasteiger charge is 2.03. The standard InChI is InChI=1S/C18H22N2O3/c19-11-13-23-17-8-6-16(7-9-17)20-18(21)10-12-22-14-15-4-2-1-3-5-15/h1-9H,10-14,19H2,(H,20,21). The molecule has 2 rings (SSSR count). The Morgan fingerprint density at radius 1 is 1.00 bits per heavy atom. The van der Waals surface area contributed by atoms with Crippen molar-refractivity contribution in [1.29, 1.82) is 0 Å².